The minimum Gasteiger partial charge on any atom is -0.508 e. The number of aromatic hydroxyl groups is 1. The van der Waals surface area contributed by atoms with Crippen LogP contribution in [0.25, 0.3) is 11.1 Å². The van der Waals surface area contributed by atoms with Gasteiger partial charge in [-0.2, -0.15) is 0 Å². The topological polar surface area (TPSA) is 29.5 Å². The molecule has 0 atom stereocenters. The van der Waals surface area contributed by atoms with E-state index in [1.165, 1.54) is 0 Å². The van der Waals surface area contributed by atoms with Crippen LogP contribution < -0.4 is 4.74 Å². The molecule has 0 spiro atoms. The highest BCUT2D eigenvalue weighted by molar-refractivity contribution is 5.74. The van der Waals surface area contributed by atoms with Gasteiger partial charge in [-0.15, -0.1) is 0 Å². The Morgan fingerprint density at radius 2 is 1.65 bits per heavy atom. The number of phenols is 1. The third-order valence-corrected chi connectivity index (χ3v) is 2.94. The Hall–Kier alpha value is -1.96. The highest BCUT2D eigenvalue weighted by Gasteiger charge is 2.09. The molecule has 0 amide bonds. The van der Waals surface area contributed by atoms with Crippen molar-refractivity contribution in [2.24, 2.45) is 0 Å². The van der Waals surface area contributed by atoms with E-state index in [4.69, 9.17) is 4.74 Å². The maximum absolute atomic E-state index is 9.67. The van der Waals surface area contributed by atoms with Gasteiger partial charge in [0.15, 0.2) is 0 Å². The first-order chi connectivity index (χ1) is 8.13. The molecule has 0 aromatic heterocycles. The van der Waals surface area contributed by atoms with Crippen LogP contribution in [0.3, 0.4) is 0 Å². The van der Waals surface area contributed by atoms with E-state index in [1.807, 2.05) is 44.2 Å². The smallest absolute Gasteiger partial charge is 0.126 e. The van der Waals surface area contributed by atoms with E-state index in [0.717, 1.165) is 28.0 Å². The van der Waals surface area contributed by atoms with E-state index in [0.29, 0.717) is 5.75 Å². The van der Waals surface area contributed by atoms with Gasteiger partial charge in [0.2, 0.25) is 0 Å². The maximum atomic E-state index is 9.67. The molecule has 2 nitrogen and oxygen atoms in total. The molecule has 0 saturated carbocycles. The van der Waals surface area contributed by atoms with Crippen LogP contribution in [0.4, 0.5) is 0 Å². The first-order valence-electron chi connectivity index (χ1n) is 5.57. The van der Waals surface area contributed by atoms with Crippen LogP contribution in [-0.2, 0) is 0 Å². The predicted octanol–water partition coefficient (Wildman–Crippen LogP) is 3.68. The lowest BCUT2D eigenvalue weighted by atomic mass is 9.97. The SMILES string of the molecule is COc1ccccc1-c1cc(C)c(O)cc1C. The molecular formula is C15H16O2. The van der Waals surface area contributed by atoms with Crippen molar-refractivity contribution >= 4 is 0 Å². The molecule has 0 bridgehead atoms. The molecule has 17 heavy (non-hydrogen) atoms. The van der Waals surface area contributed by atoms with Crippen LogP contribution in [0.2, 0.25) is 0 Å². The second-order valence-electron chi connectivity index (χ2n) is 4.15. The summed E-state index contributed by atoms with van der Waals surface area (Å²) in [5, 5.41) is 9.67. The quantitative estimate of drug-likeness (QED) is 0.849. The summed E-state index contributed by atoms with van der Waals surface area (Å²) < 4.78 is 5.36. The molecule has 0 aliphatic carbocycles. The number of rotatable bonds is 2. The normalized spacial score (nSPS) is 10.3. The fraction of sp³-hybridized carbons (Fsp3) is 0.200. The molecule has 2 aromatic carbocycles. The number of hydrogen-bond donors (Lipinski definition) is 1. The summed E-state index contributed by atoms with van der Waals surface area (Å²) in [6.07, 6.45) is 0. The number of aryl methyl sites for hydroxylation is 2. The molecule has 0 aliphatic heterocycles. The molecule has 0 heterocycles. The number of ether oxygens (including phenoxy) is 1. The second-order valence-corrected chi connectivity index (χ2v) is 4.15. The minimum absolute atomic E-state index is 0.334. The summed E-state index contributed by atoms with van der Waals surface area (Å²) in [5.41, 5.74) is 4.06. The number of para-hydroxylation sites is 1. The van der Waals surface area contributed by atoms with E-state index in [1.54, 1.807) is 13.2 Å². The van der Waals surface area contributed by atoms with Crippen molar-refractivity contribution in [2.45, 2.75) is 13.8 Å². The maximum Gasteiger partial charge on any atom is 0.126 e. The van der Waals surface area contributed by atoms with E-state index in [9.17, 15) is 5.11 Å². The summed E-state index contributed by atoms with van der Waals surface area (Å²) >= 11 is 0. The molecule has 2 heteroatoms. The molecule has 88 valence electrons. The summed E-state index contributed by atoms with van der Waals surface area (Å²) in [4.78, 5) is 0. The summed E-state index contributed by atoms with van der Waals surface area (Å²) in [6, 6.07) is 11.7. The standard InChI is InChI=1S/C15H16O2/c1-10-9-14(16)11(2)8-13(10)12-6-4-5-7-15(12)17-3/h4-9,16H,1-3H3. The van der Waals surface area contributed by atoms with Gasteiger partial charge >= 0.3 is 0 Å². The van der Waals surface area contributed by atoms with Gasteiger partial charge in [0, 0.05) is 5.56 Å². The average Bonchev–Trinajstić information content (AvgIpc) is 2.34. The number of methoxy groups -OCH3 is 1. The van der Waals surface area contributed by atoms with Crippen LogP contribution in [0.1, 0.15) is 11.1 Å². The summed E-state index contributed by atoms with van der Waals surface area (Å²) in [5.74, 6) is 1.18. The van der Waals surface area contributed by atoms with Gasteiger partial charge < -0.3 is 9.84 Å². The minimum atomic E-state index is 0.334. The van der Waals surface area contributed by atoms with Crippen LogP contribution in [0, 0.1) is 13.8 Å². The molecule has 0 saturated heterocycles. The van der Waals surface area contributed by atoms with Crippen molar-refractivity contribution in [1.82, 2.24) is 0 Å². The highest BCUT2D eigenvalue weighted by Crippen LogP contribution is 2.34. The first-order valence-corrected chi connectivity index (χ1v) is 5.57. The molecule has 2 rings (SSSR count). The Balaban J connectivity index is 2.64. The Kier molecular flexibility index (Phi) is 3.05. The van der Waals surface area contributed by atoms with E-state index >= 15 is 0 Å². The zero-order valence-electron chi connectivity index (χ0n) is 10.3. The van der Waals surface area contributed by atoms with E-state index in [2.05, 4.69) is 0 Å². The van der Waals surface area contributed by atoms with Gasteiger partial charge in [-0.1, -0.05) is 18.2 Å². The molecule has 0 radical (unpaired) electrons. The first kappa shape index (κ1) is 11.5. The zero-order valence-corrected chi connectivity index (χ0v) is 10.3. The molecule has 0 unspecified atom stereocenters. The lowest BCUT2D eigenvalue weighted by molar-refractivity contribution is 0.416. The van der Waals surface area contributed by atoms with Gasteiger partial charge in [0.1, 0.15) is 11.5 Å². The predicted molar refractivity (Wildman–Crippen MR) is 69.6 cm³/mol. The van der Waals surface area contributed by atoms with E-state index in [-0.39, 0.29) is 0 Å². The largest absolute Gasteiger partial charge is 0.508 e. The monoisotopic (exact) mass is 228 g/mol. The van der Waals surface area contributed by atoms with E-state index < -0.39 is 0 Å². The van der Waals surface area contributed by atoms with Gasteiger partial charge in [0.25, 0.3) is 0 Å². The van der Waals surface area contributed by atoms with Crippen molar-refractivity contribution < 1.29 is 9.84 Å². The highest BCUT2D eigenvalue weighted by atomic mass is 16.5. The molecule has 0 fully saturated rings. The second kappa shape index (κ2) is 4.50. The van der Waals surface area contributed by atoms with Crippen molar-refractivity contribution in [1.29, 1.82) is 0 Å². The van der Waals surface area contributed by atoms with Crippen LogP contribution >= 0.6 is 0 Å². The average molecular weight is 228 g/mol. The Morgan fingerprint density at radius 3 is 2.35 bits per heavy atom. The number of hydrogen-bond acceptors (Lipinski definition) is 2. The Labute approximate surface area is 101 Å². The molecule has 0 aliphatic rings. The van der Waals surface area contributed by atoms with Gasteiger partial charge in [-0.05, 0) is 48.7 Å². The van der Waals surface area contributed by atoms with Crippen LogP contribution in [0.15, 0.2) is 36.4 Å². The fourth-order valence-corrected chi connectivity index (χ4v) is 1.96. The van der Waals surface area contributed by atoms with Crippen molar-refractivity contribution in [3.05, 3.63) is 47.5 Å². The molecule has 1 N–H and O–H groups in total. The van der Waals surface area contributed by atoms with Crippen molar-refractivity contribution in [3.63, 3.8) is 0 Å². The lowest BCUT2D eigenvalue weighted by Crippen LogP contribution is -1.90. The number of benzene rings is 2. The Bertz CT molecular complexity index is 545. The van der Waals surface area contributed by atoms with Crippen molar-refractivity contribution in [2.75, 3.05) is 7.11 Å². The van der Waals surface area contributed by atoms with Crippen molar-refractivity contribution in [3.8, 4) is 22.6 Å². The molecular weight excluding hydrogens is 212 g/mol. The van der Waals surface area contributed by atoms with Crippen LogP contribution in [-0.4, -0.2) is 12.2 Å². The third-order valence-electron chi connectivity index (χ3n) is 2.94. The Morgan fingerprint density at radius 1 is 0.941 bits per heavy atom. The summed E-state index contributed by atoms with van der Waals surface area (Å²) in [7, 11) is 1.67. The summed E-state index contributed by atoms with van der Waals surface area (Å²) in [6.45, 7) is 3.88. The van der Waals surface area contributed by atoms with Gasteiger partial charge in [-0.25, -0.2) is 0 Å². The zero-order chi connectivity index (χ0) is 12.4. The van der Waals surface area contributed by atoms with Crippen LogP contribution in [0.5, 0.6) is 11.5 Å². The van der Waals surface area contributed by atoms with Gasteiger partial charge in [-0.3, -0.25) is 0 Å². The molecule has 2 aromatic rings. The van der Waals surface area contributed by atoms with Gasteiger partial charge in [0.05, 0.1) is 7.11 Å². The fourth-order valence-electron chi connectivity index (χ4n) is 1.96. The number of phenolic OH excluding ortho intramolecular Hbond substituents is 1. The lowest BCUT2D eigenvalue weighted by Gasteiger charge is -2.12. The third kappa shape index (κ3) is 2.11.